The first-order chi connectivity index (χ1) is 8.50. The van der Waals surface area contributed by atoms with Gasteiger partial charge in [-0.3, -0.25) is 0 Å². The topological polar surface area (TPSA) is 46.2 Å². The average Bonchev–Trinajstić information content (AvgIpc) is 2.64. The molecule has 1 atom stereocenters. The highest BCUT2D eigenvalue weighted by Gasteiger charge is 2.30. The molecular weight excluding hydrogens is 338 g/mol. The minimum Gasteiger partial charge on any atom is -0.311 e. The molecule has 0 spiro atoms. The summed E-state index contributed by atoms with van der Waals surface area (Å²) < 4.78 is 24.2. The lowest BCUT2D eigenvalue weighted by Gasteiger charge is -2.12. The van der Waals surface area contributed by atoms with Crippen molar-refractivity contribution in [3.63, 3.8) is 0 Å². The van der Waals surface area contributed by atoms with Crippen LogP contribution < -0.4 is 5.32 Å². The van der Waals surface area contributed by atoms with Crippen LogP contribution in [0.5, 0.6) is 0 Å². The zero-order valence-corrected chi connectivity index (χ0v) is 13.0. The van der Waals surface area contributed by atoms with Gasteiger partial charge in [-0.05, 0) is 40.4 Å². The Morgan fingerprint density at radius 3 is 2.89 bits per heavy atom. The lowest BCUT2D eigenvalue weighted by molar-refractivity contribution is 0.574. The molecule has 1 heterocycles. The van der Waals surface area contributed by atoms with Crippen molar-refractivity contribution in [1.82, 2.24) is 5.32 Å². The van der Waals surface area contributed by atoms with Crippen molar-refractivity contribution >= 4 is 37.4 Å². The van der Waals surface area contributed by atoms with E-state index in [0.29, 0.717) is 23.9 Å². The molecule has 0 saturated carbocycles. The van der Waals surface area contributed by atoms with Crippen LogP contribution in [0.15, 0.2) is 22.7 Å². The highest BCUT2D eigenvalue weighted by Crippen LogP contribution is 2.26. The van der Waals surface area contributed by atoms with E-state index < -0.39 is 9.84 Å². The second-order valence-corrected chi connectivity index (χ2v) is 8.11. The monoisotopic (exact) mass is 351 g/mol. The maximum absolute atomic E-state index is 11.7. The summed E-state index contributed by atoms with van der Waals surface area (Å²) in [5.74, 6) is 0.330. The van der Waals surface area contributed by atoms with E-state index in [0.717, 1.165) is 22.9 Å². The van der Waals surface area contributed by atoms with Crippen LogP contribution in [-0.2, 0) is 16.4 Å². The molecule has 1 aliphatic heterocycles. The summed E-state index contributed by atoms with van der Waals surface area (Å²) in [7, 11) is -2.86. The molecular formula is C12H15BrClNO2S. The molecule has 1 N–H and O–H groups in total. The first-order valence-corrected chi connectivity index (χ1v) is 8.74. The van der Waals surface area contributed by atoms with Gasteiger partial charge in [0, 0.05) is 17.6 Å². The number of hydrogen-bond acceptors (Lipinski definition) is 3. The van der Waals surface area contributed by atoms with Gasteiger partial charge in [-0.25, -0.2) is 8.42 Å². The van der Waals surface area contributed by atoms with Crippen molar-refractivity contribution in [2.75, 3.05) is 12.3 Å². The third-order valence-corrected chi connectivity index (χ3v) is 6.79. The second-order valence-electron chi connectivity index (χ2n) is 4.48. The molecule has 1 aliphatic rings. The van der Waals surface area contributed by atoms with Crippen molar-refractivity contribution in [3.8, 4) is 0 Å². The third kappa shape index (κ3) is 3.26. The van der Waals surface area contributed by atoms with Gasteiger partial charge in [-0.1, -0.05) is 23.7 Å². The van der Waals surface area contributed by atoms with Crippen LogP contribution in [0.2, 0.25) is 5.02 Å². The Morgan fingerprint density at radius 2 is 2.22 bits per heavy atom. The summed E-state index contributed by atoms with van der Waals surface area (Å²) in [4.78, 5) is 0. The Morgan fingerprint density at radius 1 is 1.44 bits per heavy atom. The lowest BCUT2D eigenvalue weighted by atomic mass is 10.2. The van der Waals surface area contributed by atoms with Crippen LogP contribution in [0, 0.1) is 0 Å². The molecule has 1 fully saturated rings. The fraction of sp³-hybridized carbons (Fsp3) is 0.500. The number of benzene rings is 1. The highest BCUT2D eigenvalue weighted by molar-refractivity contribution is 9.10. The Bertz CT molecular complexity index is 533. The van der Waals surface area contributed by atoms with Crippen LogP contribution in [0.1, 0.15) is 18.4 Å². The largest absolute Gasteiger partial charge is 0.311 e. The van der Waals surface area contributed by atoms with Gasteiger partial charge in [0.05, 0.1) is 16.0 Å². The van der Waals surface area contributed by atoms with Crippen LogP contribution in [0.3, 0.4) is 0 Å². The Hall–Kier alpha value is -0.100. The van der Waals surface area contributed by atoms with Crippen molar-refractivity contribution in [3.05, 3.63) is 33.3 Å². The molecule has 100 valence electrons. The molecule has 1 aromatic rings. The molecule has 1 unspecified atom stereocenters. The van der Waals surface area contributed by atoms with Crippen molar-refractivity contribution in [2.24, 2.45) is 0 Å². The van der Waals surface area contributed by atoms with E-state index in [1.165, 1.54) is 0 Å². The summed E-state index contributed by atoms with van der Waals surface area (Å²) in [6.45, 7) is 1.09. The Balaban J connectivity index is 1.91. The van der Waals surface area contributed by atoms with Crippen molar-refractivity contribution in [1.29, 1.82) is 0 Å². The van der Waals surface area contributed by atoms with Gasteiger partial charge in [0.1, 0.15) is 0 Å². The fourth-order valence-electron chi connectivity index (χ4n) is 2.14. The Kier molecular flexibility index (Phi) is 4.69. The predicted octanol–water partition coefficient (Wildman–Crippen LogP) is 2.77. The second kappa shape index (κ2) is 5.90. The van der Waals surface area contributed by atoms with Gasteiger partial charge in [0.15, 0.2) is 9.84 Å². The smallest absolute Gasteiger partial charge is 0.154 e. The van der Waals surface area contributed by atoms with Gasteiger partial charge in [0.2, 0.25) is 0 Å². The molecule has 0 radical (unpaired) electrons. The number of nitrogens with one attached hydrogen (secondary N) is 1. The van der Waals surface area contributed by atoms with Crippen LogP contribution in [0.25, 0.3) is 0 Å². The number of rotatable bonds is 4. The zero-order chi connectivity index (χ0) is 13.2. The van der Waals surface area contributed by atoms with E-state index in [1.807, 2.05) is 18.2 Å². The molecule has 6 heteroatoms. The summed E-state index contributed by atoms with van der Waals surface area (Å²) >= 11 is 9.51. The van der Waals surface area contributed by atoms with Gasteiger partial charge in [-0.2, -0.15) is 0 Å². The minimum absolute atomic E-state index is 0.233. The quantitative estimate of drug-likeness (QED) is 0.906. The molecule has 1 saturated heterocycles. The molecule has 0 aliphatic carbocycles. The predicted molar refractivity (Wildman–Crippen MR) is 77.7 cm³/mol. The van der Waals surface area contributed by atoms with E-state index in [9.17, 15) is 8.42 Å². The maximum atomic E-state index is 11.7. The fourth-order valence-corrected chi connectivity index (χ4v) is 4.54. The average molecular weight is 353 g/mol. The van der Waals surface area contributed by atoms with E-state index in [2.05, 4.69) is 21.2 Å². The molecule has 0 aromatic heterocycles. The first-order valence-electron chi connectivity index (χ1n) is 5.86. The van der Waals surface area contributed by atoms with E-state index in [1.54, 1.807) is 0 Å². The maximum Gasteiger partial charge on any atom is 0.154 e. The minimum atomic E-state index is -2.86. The molecule has 3 nitrogen and oxygen atoms in total. The summed E-state index contributed by atoms with van der Waals surface area (Å²) in [5.41, 5.74) is 0.974. The normalized spacial score (nSPS) is 22.2. The standard InChI is InChI=1S/C12H15BrClNO2S/c13-11-5-1-3-9(12(11)14)7-15-8-10-4-2-6-18(10,16)17/h1,3,5,10,15H,2,4,6-8H2. The SMILES string of the molecule is O=S1(=O)CCCC1CNCc1cccc(Br)c1Cl. The number of sulfone groups is 1. The third-order valence-electron chi connectivity index (χ3n) is 3.18. The summed E-state index contributed by atoms with van der Waals surface area (Å²) in [6, 6.07) is 5.73. The van der Waals surface area contributed by atoms with Crippen LogP contribution in [0.4, 0.5) is 0 Å². The number of halogens is 2. The molecule has 0 bridgehead atoms. The molecule has 2 rings (SSSR count). The van der Waals surface area contributed by atoms with Crippen LogP contribution in [-0.4, -0.2) is 26.0 Å². The van der Waals surface area contributed by atoms with E-state index in [-0.39, 0.29) is 5.25 Å². The van der Waals surface area contributed by atoms with Gasteiger partial charge in [-0.15, -0.1) is 0 Å². The van der Waals surface area contributed by atoms with Crippen molar-refractivity contribution < 1.29 is 8.42 Å². The zero-order valence-electron chi connectivity index (χ0n) is 9.83. The van der Waals surface area contributed by atoms with Gasteiger partial charge < -0.3 is 5.32 Å². The van der Waals surface area contributed by atoms with Gasteiger partial charge >= 0.3 is 0 Å². The molecule has 1 aromatic carbocycles. The lowest BCUT2D eigenvalue weighted by Crippen LogP contribution is -2.30. The van der Waals surface area contributed by atoms with E-state index in [4.69, 9.17) is 11.6 Å². The number of hydrogen-bond donors (Lipinski definition) is 1. The summed E-state index contributed by atoms with van der Waals surface area (Å²) in [6.07, 6.45) is 1.55. The van der Waals surface area contributed by atoms with Gasteiger partial charge in [0.25, 0.3) is 0 Å². The Labute approximate surface area is 121 Å². The van der Waals surface area contributed by atoms with Crippen LogP contribution >= 0.6 is 27.5 Å². The van der Waals surface area contributed by atoms with E-state index >= 15 is 0 Å². The summed E-state index contributed by atoms with van der Waals surface area (Å²) in [5, 5.41) is 3.63. The van der Waals surface area contributed by atoms with Crippen molar-refractivity contribution in [2.45, 2.75) is 24.6 Å². The highest BCUT2D eigenvalue weighted by atomic mass is 79.9. The first kappa shape index (κ1) is 14.3. The molecule has 0 amide bonds. The molecule has 18 heavy (non-hydrogen) atoms.